The van der Waals surface area contributed by atoms with Crippen LogP contribution in [-0.4, -0.2) is 5.11 Å². The summed E-state index contributed by atoms with van der Waals surface area (Å²) >= 11 is 1.49. The van der Waals surface area contributed by atoms with Gasteiger partial charge in [0.1, 0.15) is 11.9 Å². The molecule has 1 atom stereocenters. The van der Waals surface area contributed by atoms with Gasteiger partial charge < -0.3 is 5.11 Å². The Hall–Kier alpha value is -1.19. The SMILES string of the molecule is CC(C)=CC(O)c1cc2cc(F)ccc2s1. The molecule has 0 spiro atoms. The normalized spacial score (nSPS) is 12.8. The van der Waals surface area contributed by atoms with Gasteiger partial charge in [-0.05, 0) is 43.5 Å². The lowest BCUT2D eigenvalue weighted by atomic mass is 10.2. The Balaban J connectivity index is 2.43. The van der Waals surface area contributed by atoms with Crippen molar-refractivity contribution in [2.24, 2.45) is 0 Å². The minimum atomic E-state index is -0.592. The molecule has 0 saturated heterocycles. The van der Waals surface area contributed by atoms with Gasteiger partial charge in [0.05, 0.1) is 0 Å². The van der Waals surface area contributed by atoms with Gasteiger partial charge in [-0.3, -0.25) is 0 Å². The summed E-state index contributed by atoms with van der Waals surface area (Å²) in [6, 6.07) is 6.52. The van der Waals surface area contributed by atoms with Crippen LogP contribution in [0.1, 0.15) is 24.8 Å². The number of fused-ring (bicyclic) bond motifs is 1. The summed E-state index contributed by atoms with van der Waals surface area (Å²) in [5, 5.41) is 10.7. The van der Waals surface area contributed by atoms with Crippen molar-refractivity contribution < 1.29 is 9.50 Å². The molecule has 1 unspecified atom stereocenters. The second-order valence-electron chi connectivity index (χ2n) is 4.02. The Morgan fingerprint density at radius 1 is 1.38 bits per heavy atom. The molecule has 0 radical (unpaired) electrons. The van der Waals surface area contributed by atoms with Crippen molar-refractivity contribution in [3.05, 3.63) is 46.6 Å². The van der Waals surface area contributed by atoms with E-state index in [0.717, 1.165) is 20.5 Å². The van der Waals surface area contributed by atoms with Gasteiger partial charge in [-0.2, -0.15) is 0 Å². The first-order chi connectivity index (χ1) is 7.56. The predicted molar refractivity (Wildman–Crippen MR) is 66.2 cm³/mol. The van der Waals surface area contributed by atoms with E-state index >= 15 is 0 Å². The van der Waals surface area contributed by atoms with E-state index in [1.165, 1.54) is 23.5 Å². The van der Waals surface area contributed by atoms with Crippen molar-refractivity contribution in [3.8, 4) is 0 Å². The van der Waals surface area contributed by atoms with Crippen molar-refractivity contribution >= 4 is 21.4 Å². The quantitative estimate of drug-likeness (QED) is 0.780. The van der Waals surface area contributed by atoms with Gasteiger partial charge >= 0.3 is 0 Å². The van der Waals surface area contributed by atoms with E-state index in [0.29, 0.717) is 0 Å². The van der Waals surface area contributed by atoms with Crippen LogP contribution in [0.3, 0.4) is 0 Å². The summed E-state index contributed by atoms with van der Waals surface area (Å²) in [6.45, 7) is 3.88. The van der Waals surface area contributed by atoms with Crippen molar-refractivity contribution in [1.82, 2.24) is 0 Å². The van der Waals surface area contributed by atoms with E-state index in [4.69, 9.17) is 0 Å². The number of thiophene rings is 1. The van der Waals surface area contributed by atoms with E-state index in [2.05, 4.69) is 0 Å². The number of halogens is 1. The molecule has 0 aliphatic rings. The molecule has 2 rings (SSSR count). The smallest absolute Gasteiger partial charge is 0.123 e. The fourth-order valence-electron chi connectivity index (χ4n) is 1.58. The third-order valence-electron chi connectivity index (χ3n) is 2.28. The minimum Gasteiger partial charge on any atom is -0.383 e. The minimum absolute atomic E-state index is 0.242. The zero-order chi connectivity index (χ0) is 11.7. The van der Waals surface area contributed by atoms with Crippen LogP contribution in [0.5, 0.6) is 0 Å². The lowest BCUT2D eigenvalue weighted by Gasteiger charge is -2.01. The van der Waals surface area contributed by atoms with Crippen molar-refractivity contribution in [2.45, 2.75) is 20.0 Å². The summed E-state index contributed by atoms with van der Waals surface area (Å²) in [6.07, 6.45) is 1.20. The standard InChI is InChI=1S/C13H13FOS/c1-8(2)5-11(15)13-7-9-6-10(14)3-4-12(9)16-13/h3-7,11,15H,1-2H3. The fraction of sp³-hybridized carbons (Fsp3) is 0.231. The van der Waals surface area contributed by atoms with Crippen LogP contribution in [-0.2, 0) is 0 Å². The molecular weight excluding hydrogens is 223 g/mol. The molecule has 0 fully saturated rings. The summed E-state index contributed by atoms with van der Waals surface area (Å²) < 4.78 is 14.0. The average molecular weight is 236 g/mol. The van der Waals surface area contributed by atoms with Crippen LogP contribution in [0.15, 0.2) is 35.9 Å². The molecule has 1 heterocycles. The molecule has 1 N–H and O–H groups in total. The Morgan fingerprint density at radius 2 is 2.12 bits per heavy atom. The van der Waals surface area contributed by atoms with E-state index in [1.54, 1.807) is 12.1 Å². The van der Waals surface area contributed by atoms with Gasteiger partial charge in [0.15, 0.2) is 0 Å². The summed E-state index contributed by atoms with van der Waals surface area (Å²) in [4.78, 5) is 0.849. The van der Waals surface area contributed by atoms with Gasteiger partial charge in [0, 0.05) is 9.58 Å². The third kappa shape index (κ3) is 2.31. The zero-order valence-electron chi connectivity index (χ0n) is 9.20. The first-order valence-electron chi connectivity index (χ1n) is 5.08. The molecular formula is C13H13FOS. The maximum atomic E-state index is 13.0. The second kappa shape index (κ2) is 4.36. The van der Waals surface area contributed by atoms with E-state index < -0.39 is 6.10 Å². The summed E-state index contributed by atoms with van der Waals surface area (Å²) in [7, 11) is 0. The molecule has 1 aromatic carbocycles. The largest absolute Gasteiger partial charge is 0.383 e. The Morgan fingerprint density at radius 3 is 2.81 bits per heavy atom. The third-order valence-corrected chi connectivity index (χ3v) is 3.47. The maximum Gasteiger partial charge on any atom is 0.123 e. The number of allylic oxidation sites excluding steroid dienone is 1. The lowest BCUT2D eigenvalue weighted by molar-refractivity contribution is 0.231. The highest BCUT2D eigenvalue weighted by Crippen LogP contribution is 2.31. The molecule has 0 aliphatic heterocycles. The van der Waals surface area contributed by atoms with Crippen LogP contribution >= 0.6 is 11.3 Å². The highest BCUT2D eigenvalue weighted by Gasteiger charge is 2.09. The fourth-order valence-corrected chi connectivity index (χ4v) is 2.58. The molecule has 3 heteroatoms. The first-order valence-corrected chi connectivity index (χ1v) is 5.90. The van der Waals surface area contributed by atoms with Crippen LogP contribution < -0.4 is 0 Å². The Labute approximate surface area is 97.8 Å². The molecule has 0 saturated carbocycles. The predicted octanol–water partition coefficient (Wildman–Crippen LogP) is 4.04. The molecule has 84 valence electrons. The van der Waals surface area contributed by atoms with Gasteiger partial charge in [-0.25, -0.2) is 4.39 Å². The first kappa shape index (κ1) is 11.3. The second-order valence-corrected chi connectivity index (χ2v) is 5.14. The number of benzene rings is 1. The molecule has 1 aromatic heterocycles. The van der Waals surface area contributed by atoms with Gasteiger partial charge in [-0.1, -0.05) is 11.6 Å². The van der Waals surface area contributed by atoms with Gasteiger partial charge in [-0.15, -0.1) is 11.3 Å². The highest BCUT2D eigenvalue weighted by molar-refractivity contribution is 7.19. The Kier molecular flexibility index (Phi) is 3.08. The topological polar surface area (TPSA) is 20.2 Å². The van der Waals surface area contributed by atoms with Crippen LogP contribution in [0.4, 0.5) is 4.39 Å². The van der Waals surface area contributed by atoms with Gasteiger partial charge in [0.2, 0.25) is 0 Å². The highest BCUT2D eigenvalue weighted by atomic mass is 32.1. The van der Waals surface area contributed by atoms with Crippen molar-refractivity contribution in [2.75, 3.05) is 0 Å². The Bertz CT molecular complexity index is 538. The number of rotatable bonds is 2. The van der Waals surface area contributed by atoms with Crippen LogP contribution in [0.25, 0.3) is 10.1 Å². The molecule has 2 aromatic rings. The average Bonchev–Trinajstić information content (AvgIpc) is 2.59. The lowest BCUT2D eigenvalue weighted by Crippen LogP contribution is -1.88. The summed E-state index contributed by atoms with van der Waals surface area (Å²) in [5.74, 6) is -0.242. The van der Waals surface area contributed by atoms with E-state index in [-0.39, 0.29) is 5.82 Å². The van der Waals surface area contributed by atoms with Gasteiger partial charge in [0.25, 0.3) is 0 Å². The summed E-state index contributed by atoms with van der Waals surface area (Å²) in [5.41, 5.74) is 1.07. The zero-order valence-corrected chi connectivity index (χ0v) is 10.0. The molecule has 16 heavy (non-hydrogen) atoms. The molecule has 1 nitrogen and oxygen atoms in total. The van der Waals surface area contributed by atoms with Crippen molar-refractivity contribution in [3.63, 3.8) is 0 Å². The monoisotopic (exact) mass is 236 g/mol. The maximum absolute atomic E-state index is 13.0. The van der Waals surface area contributed by atoms with Crippen LogP contribution in [0, 0.1) is 5.82 Å². The van der Waals surface area contributed by atoms with Crippen LogP contribution in [0.2, 0.25) is 0 Å². The van der Waals surface area contributed by atoms with E-state index in [9.17, 15) is 9.50 Å². The molecule has 0 bridgehead atoms. The number of hydrogen-bond donors (Lipinski definition) is 1. The number of aliphatic hydroxyl groups excluding tert-OH is 1. The van der Waals surface area contributed by atoms with Crippen molar-refractivity contribution in [1.29, 1.82) is 0 Å². The van der Waals surface area contributed by atoms with E-state index in [1.807, 2.05) is 19.9 Å². The number of hydrogen-bond acceptors (Lipinski definition) is 2. The molecule has 0 aliphatic carbocycles. The number of aliphatic hydroxyl groups is 1. The molecule has 0 amide bonds.